The number of carbonyl (C=O) groups is 1. The van der Waals surface area contributed by atoms with Gasteiger partial charge < -0.3 is 24.6 Å². The van der Waals surface area contributed by atoms with Crippen LogP contribution in [0.3, 0.4) is 0 Å². The highest BCUT2D eigenvalue weighted by Crippen LogP contribution is 2.14. The Morgan fingerprint density at radius 1 is 1.35 bits per heavy atom. The largest absolute Gasteiger partial charge is 0.491 e. The Balaban J connectivity index is 2.20. The van der Waals surface area contributed by atoms with Crippen molar-refractivity contribution in [1.29, 1.82) is 0 Å². The van der Waals surface area contributed by atoms with E-state index in [0.29, 0.717) is 17.9 Å². The minimum Gasteiger partial charge on any atom is -0.491 e. The number of quaternary nitrogens is 1. The first-order chi connectivity index (χ1) is 11.0. The second kappa shape index (κ2) is 11.0. The molecule has 23 heavy (non-hydrogen) atoms. The zero-order valence-corrected chi connectivity index (χ0v) is 14.2. The summed E-state index contributed by atoms with van der Waals surface area (Å²) >= 11 is 0. The highest BCUT2D eigenvalue weighted by atomic mass is 16.5. The fourth-order valence-corrected chi connectivity index (χ4v) is 1.95. The summed E-state index contributed by atoms with van der Waals surface area (Å²) in [6.45, 7) is 6.42. The van der Waals surface area contributed by atoms with Crippen molar-refractivity contribution in [1.82, 2.24) is 0 Å². The van der Waals surface area contributed by atoms with Gasteiger partial charge in [-0.25, -0.2) is 4.79 Å². The molecular formula is C17H28NO5+. The molecule has 0 unspecified atom stereocenters. The van der Waals surface area contributed by atoms with Crippen LogP contribution in [0, 0.1) is 0 Å². The average molecular weight is 326 g/mol. The van der Waals surface area contributed by atoms with Gasteiger partial charge in [-0.1, -0.05) is 6.07 Å². The number of esters is 1. The second-order valence-corrected chi connectivity index (χ2v) is 5.57. The van der Waals surface area contributed by atoms with Crippen LogP contribution in [0.15, 0.2) is 24.3 Å². The summed E-state index contributed by atoms with van der Waals surface area (Å²) in [6.07, 6.45) is 0.643. The molecule has 6 heteroatoms. The van der Waals surface area contributed by atoms with Gasteiger partial charge in [-0.3, -0.25) is 0 Å². The first-order valence-corrected chi connectivity index (χ1v) is 7.95. The molecule has 0 saturated heterocycles. The fourth-order valence-electron chi connectivity index (χ4n) is 1.95. The number of benzene rings is 1. The van der Waals surface area contributed by atoms with E-state index in [9.17, 15) is 9.90 Å². The van der Waals surface area contributed by atoms with E-state index in [2.05, 4.69) is 4.74 Å². The lowest BCUT2D eigenvalue weighted by Gasteiger charge is -2.12. The Labute approximate surface area is 137 Å². The van der Waals surface area contributed by atoms with Crippen LogP contribution in [0.25, 0.3) is 0 Å². The van der Waals surface area contributed by atoms with Crippen molar-refractivity contribution in [3.8, 4) is 5.75 Å². The summed E-state index contributed by atoms with van der Waals surface area (Å²) in [7, 11) is 1.33. The maximum atomic E-state index is 11.4. The van der Waals surface area contributed by atoms with Crippen LogP contribution in [0.5, 0.6) is 5.75 Å². The second-order valence-electron chi connectivity index (χ2n) is 5.57. The van der Waals surface area contributed by atoms with Crippen molar-refractivity contribution >= 4 is 5.97 Å². The Bertz CT molecular complexity index is 464. The average Bonchev–Trinajstić information content (AvgIpc) is 2.55. The van der Waals surface area contributed by atoms with E-state index in [1.807, 2.05) is 19.2 Å². The van der Waals surface area contributed by atoms with Crippen LogP contribution < -0.4 is 10.1 Å². The van der Waals surface area contributed by atoms with Gasteiger partial charge in [-0.05, 0) is 32.0 Å². The van der Waals surface area contributed by atoms with Crippen molar-refractivity contribution in [3.05, 3.63) is 29.8 Å². The van der Waals surface area contributed by atoms with E-state index >= 15 is 0 Å². The lowest BCUT2D eigenvalue weighted by atomic mass is 10.2. The molecule has 0 aliphatic rings. The van der Waals surface area contributed by atoms with Crippen LogP contribution in [-0.2, 0) is 9.47 Å². The third-order valence-corrected chi connectivity index (χ3v) is 3.14. The number of nitrogens with two attached hydrogens (primary N) is 1. The molecule has 0 saturated carbocycles. The monoisotopic (exact) mass is 326 g/mol. The van der Waals surface area contributed by atoms with Crippen LogP contribution in [-0.4, -0.2) is 56.7 Å². The molecule has 0 aliphatic heterocycles. The van der Waals surface area contributed by atoms with Crippen LogP contribution in [0.4, 0.5) is 0 Å². The molecule has 0 heterocycles. The van der Waals surface area contributed by atoms with Gasteiger partial charge in [-0.2, -0.15) is 0 Å². The summed E-state index contributed by atoms with van der Waals surface area (Å²) in [6, 6.07) is 6.72. The van der Waals surface area contributed by atoms with Crippen molar-refractivity contribution in [2.24, 2.45) is 0 Å². The molecule has 1 atom stereocenters. The molecule has 0 fully saturated rings. The molecule has 0 bridgehead atoms. The van der Waals surface area contributed by atoms with E-state index in [4.69, 9.17) is 9.47 Å². The molecule has 6 nitrogen and oxygen atoms in total. The van der Waals surface area contributed by atoms with Crippen LogP contribution >= 0.6 is 0 Å². The Morgan fingerprint density at radius 3 is 2.83 bits per heavy atom. The van der Waals surface area contributed by atoms with E-state index in [-0.39, 0.29) is 12.7 Å². The quantitative estimate of drug-likeness (QED) is 0.459. The van der Waals surface area contributed by atoms with Gasteiger partial charge >= 0.3 is 5.97 Å². The zero-order chi connectivity index (χ0) is 17.1. The summed E-state index contributed by atoms with van der Waals surface area (Å²) in [4.78, 5) is 11.4. The maximum Gasteiger partial charge on any atom is 0.337 e. The van der Waals surface area contributed by atoms with Crippen molar-refractivity contribution in [2.75, 3.05) is 33.4 Å². The fraction of sp³-hybridized carbons (Fsp3) is 0.588. The molecule has 0 spiro atoms. The van der Waals surface area contributed by atoms with Crippen molar-refractivity contribution < 1.29 is 29.4 Å². The lowest BCUT2D eigenvalue weighted by Crippen LogP contribution is -2.86. The summed E-state index contributed by atoms with van der Waals surface area (Å²) < 4.78 is 15.6. The van der Waals surface area contributed by atoms with Gasteiger partial charge in [-0.15, -0.1) is 0 Å². The number of carbonyl (C=O) groups excluding carboxylic acids is 1. The lowest BCUT2D eigenvalue weighted by molar-refractivity contribution is -0.661. The molecule has 1 rings (SSSR count). The molecular weight excluding hydrogens is 298 g/mol. The normalized spacial score (nSPS) is 12.2. The van der Waals surface area contributed by atoms with Crippen molar-refractivity contribution in [2.45, 2.75) is 32.5 Å². The van der Waals surface area contributed by atoms with Gasteiger partial charge in [0.05, 0.1) is 31.9 Å². The smallest absolute Gasteiger partial charge is 0.337 e. The number of hydrogen-bond acceptors (Lipinski definition) is 5. The Kier molecular flexibility index (Phi) is 9.28. The summed E-state index contributed by atoms with van der Waals surface area (Å²) in [5.41, 5.74) is 0.427. The molecule has 130 valence electrons. The molecule has 0 aliphatic carbocycles. The summed E-state index contributed by atoms with van der Waals surface area (Å²) in [5, 5.41) is 11.9. The predicted octanol–water partition coefficient (Wildman–Crippen LogP) is 0.591. The first-order valence-electron chi connectivity index (χ1n) is 7.95. The molecule has 1 aromatic rings. The zero-order valence-electron chi connectivity index (χ0n) is 14.2. The molecule has 0 amide bonds. The molecule has 0 radical (unpaired) electrons. The third kappa shape index (κ3) is 8.54. The third-order valence-electron chi connectivity index (χ3n) is 3.14. The minimum absolute atomic E-state index is 0.184. The van der Waals surface area contributed by atoms with E-state index < -0.39 is 12.1 Å². The number of rotatable bonds is 11. The van der Waals surface area contributed by atoms with Gasteiger partial charge in [0.25, 0.3) is 0 Å². The Hall–Kier alpha value is -1.63. The van der Waals surface area contributed by atoms with Gasteiger partial charge in [0.1, 0.15) is 25.0 Å². The molecule has 3 N–H and O–H groups in total. The van der Waals surface area contributed by atoms with Crippen molar-refractivity contribution in [3.63, 3.8) is 0 Å². The highest BCUT2D eigenvalue weighted by Gasteiger charge is 2.10. The van der Waals surface area contributed by atoms with E-state index in [1.165, 1.54) is 7.11 Å². The number of methoxy groups -OCH3 is 1. The van der Waals surface area contributed by atoms with E-state index in [1.54, 1.807) is 24.3 Å². The van der Waals surface area contributed by atoms with Gasteiger partial charge in [0.15, 0.2) is 0 Å². The topological polar surface area (TPSA) is 81.6 Å². The van der Waals surface area contributed by atoms with Gasteiger partial charge in [0, 0.05) is 6.42 Å². The molecule has 1 aromatic carbocycles. The number of aliphatic hydroxyl groups excluding tert-OH is 1. The van der Waals surface area contributed by atoms with Crippen LogP contribution in [0.2, 0.25) is 0 Å². The maximum absolute atomic E-state index is 11.4. The predicted molar refractivity (Wildman–Crippen MR) is 86.6 cm³/mol. The SMILES string of the molecule is COC(=O)c1cccc(OC[C@@H](O)C[NH2+]CCCOC(C)C)c1. The minimum atomic E-state index is -0.567. The molecule has 0 aromatic heterocycles. The highest BCUT2D eigenvalue weighted by molar-refractivity contribution is 5.89. The standard InChI is InChI=1S/C17H27NO5/c1-13(2)22-9-5-8-18-11-15(19)12-23-16-7-4-6-14(10-16)17(20)21-3/h4,6-7,10,13,15,18-19H,5,8-9,11-12H2,1-3H3/p+1/t15-/m0/s1. The number of aliphatic hydroxyl groups is 1. The number of hydrogen-bond donors (Lipinski definition) is 2. The van der Waals surface area contributed by atoms with Crippen LogP contribution in [0.1, 0.15) is 30.6 Å². The summed E-state index contributed by atoms with van der Waals surface area (Å²) in [5.74, 6) is 0.130. The van der Waals surface area contributed by atoms with Gasteiger partial charge in [0.2, 0.25) is 0 Å². The number of ether oxygens (including phenoxy) is 3. The Morgan fingerprint density at radius 2 is 2.13 bits per heavy atom. The van der Waals surface area contributed by atoms with E-state index in [0.717, 1.165) is 19.6 Å². The first kappa shape index (κ1) is 19.4.